The molecule has 1 aliphatic heterocycles. The molecule has 4 nitrogen and oxygen atoms in total. The maximum absolute atomic E-state index is 4.90. The van der Waals surface area contributed by atoms with E-state index in [-0.39, 0.29) is 0 Å². The molecule has 126 valence electrons. The molecule has 2 heterocycles. The number of benzene rings is 3. The quantitative estimate of drug-likeness (QED) is 0.573. The minimum Gasteiger partial charge on any atom is -0.357 e. The topological polar surface area (TPSA) is 42.7 Å². The van der Waals surface area contributed by atoms with Gasteiger partial charge in [-0.05, 0) is 24.6 Å². The number of anilines is 1. The van der Waals surface area contributed by atoms with Crippen LogP contribution in [0.25, 0.3) is 22.8 Å². The lowest BCUT2D eigenvalue weighted by molar-refractivity contribution is 0.404. The number of nitrogens with zero attached hydrogens (tertiary/aromatic N) is 3. The second-order valence-corrected chi connectivity index (χ2v) is 6.65. The van der Waals surface area contributed by atoms with Gasteiger partial charge in [-0.15, -0.1) is 5.10 Å². The zero-order chi connectivity index (χ0) is 17.6. The van der Waals surface area contributed by atoms with Crippen LogP contribution in [0.3, 0.4) is 0 Å². The Labute approximate surface area is 152 Å². The first-order valence-electron chi connectivity index (χ1n) is 8.72. The molecule has 1 aromatic heterocycles. The highest BCUT2D eigenvalue weighted by atomic mass is 15.5. The third-order valence-corrected chi connectivity index (χ3v) is 4.94. The maximum Gasteiger partial charge on any atom is 0.181 e. The van der Waals surface area contributed by atoms with Gasteiger partial charge < -0.3 is 5.32 Å². The van der Waals surface area contributed by atoms with E-state index < -0.39 is 5.66 Å². The van der Waals surface area contributed by atoms with Crippen LogP contribution in [0.5, 0.6) is 0 Å². The van der Waals surface area contributed by atoms with Crippen molar-refractivity contribution in [3.05, 3.63) is 90.5 Å². The van der Waals surface area contributed by atoms with Crippen molar-refractivity contribution in [3.8, 4) is 22.8 Å². The predicted molar refractivity (Wildman–Crippen MR) is 104 cm³/mol. The van der Waals surface area contributed by atoms with Crippen LogP contribution < -0.4 is 5.32 Å². The predicted octanol–water partition coefficient (Wildman–Crippen LogP) is 4.76. The van der Waals surface area contributed by atoms with E-state index in [1.54, 1.807) is 0 Å². The summed E-state index contributed by atoms with van der Waals surface area (Å²) >= 11 is 0. The van der Waals surface area contributed by atoms with Gasteiger partial charge in [0, 0.05) is 16.8 Å². The molecular weight excluding hydrogens is 320 g/mol. The molecule has 5 rings (SSSR count). The highest BCUT2D eigenvalue weighted by Crippen LogP contribution is 2.41. The standard InChI is InChI=1S/C22H18N4/c1-22(17-12-6-3-7-13-17)24-19-15-9-8-14-18(19)21-23-20(25-26(21)22)16-10-4-2-5-11-16/h2-15,24H,1H3. The lowest BCUT2D eigenvalue weighted by Gasteiger charge is -2.37. The summed E-state index contributed by atoms with van der Waals surface area (Å²) in [5, 5.41) is 8.56. The van der Waals surface area contributed by atoms with Crippen LogP contribution in [0, 0.1) is 0 Å². The zero-order valence-corrected chi connectivity index (χ0v) is 14.4. The molecule has 1 N–H and O–H groups in total. The Bertz CT molecular complexity index is 1070. The molecular formula is C22H18N4. The van der Waals surface area contributed by atoms with Crippen LogP contribution in [0.1, 0.15) is 12.5 Å². The van der Waals surface area contributed by atoms with Crippen molar-refractivity contribution in [3.63, 3.8) is 0 Å². The van der Waals surface area contributed by atoms with Crippen molar-refractivity contribution < 1.29 is 0 Å². The summed E-state index contributed by atoms with van der Waals surface area (Å²) in [5.41, 5.74) is 3.78. The number of para-hydroxylation sites is 1. The van der Waals surface area contributed by atoms with Crippen LogP contribution in [0.4, 0.5) is 5.69 Å². The average molecular weight is 338 g/mol. The Hall–Kier alpha value is -3.40. The fraction of sp³-hybridized carbons (Fsp3) is 0.0909. The molecule has 4 heteroatoms. The molecule has 0 saturated carbocycles. The second-order valence-electron chi connectivity index (χ2n) is 6.65. The Morgan fingerprint density at radius 3 is 2.23 bits per heavy atom. The molecule has 1 unspecified atom stereocenters. The number of hydrogen-bond acceptors (Lipinski definition) is 3. The molecule has 1 aliphatic rings. The van der Waals surface area contributed by atoms with Crippen molar-refractivity contribution in [1.82, 2.24) is 14.8 Å². The van der Waals surface area contributed by atoms with Gasteiger partial charge in [0.2, 0.25) is 0 Å². The Morgan fingerprint density at radius 1 is 0.808 bits per heavy atom. The molecule has 4 aromatic rings. The monoisotopic (exact) mass is 338 g/mol. The summed E-state index contributed by atoms with van der Waals surface area (Å²) in [5.74, 6) is 1.62. The molecule has 0 aliphatic carbocycles. The molecule has 0 saturated heterocycles. The normalized spacial score (nSPS) is 17.9. The smallest absolute Gasteiger partial charge is 0.181 e. The van der Waals surface area contributed by atoms with Gasteiger partial charge in [0.15, 0.2) is 17.3 Å². The van der Waals surface area contributed by atoms with Crippen molar-refractivity contribution >= 4 is 5.69 Å². The lowest BCUT2D eigenvalue weighted by Crippen LogP contribution is -2.43. The number of fused-ring (bicyclic) bond motifs is 3. The van der Waals surface area contributed by atoms with Crippen molar-refractivity contribution in [1.29, 1.82) is 0 Å². The molecule has 3 aromatic carbocycles. The van der Waals surface area contributed by atoms with E-state index in [0.29, 0.717) is 0 Å². The van der Waals surface area contributed by atoms with Gasteiger partial charge in [0.05, 0.1) is 0 Å². The van der Waals surface area contributed by atoms with Crippen LogP contribution in [0.15, 0.2) is 84.9 Å². The Morgan fingerprint density at radius 2 is 1.46 bits per heavy atom. The molecule has 1 atom stereocenters. The van der Waals surface area contributed by atoms with E-state index in [0.717, 1.165) is 34.0 Å². The summed E-state index contributed by atoms with van der Waals surface area (Å²) in [6.45, 7) is 2.14. The minimum absolute atomic E-state index is 0.509. The highest BCUT2D eigenvalue weighted by Gasteiger charge is 2.38. The van der Waals surface area contributed by atoms with Crippen LogP contribution in [-0.4, -0.2) is 14.8 Å². The second kappa shape index (κ2) is 5.56. The molecule has 0 spiro atoms. The fourth-order valence-corrected chi connectivity index (χ4v) is 3.57. The average Bonchev–Trinajstić information content (AvgIpc) is 3.16. The van der Waals surface area contributed by atoms with Gasteiger partial charge in [-0.1, -0.05) is 72.8 Å². The molecule has 0 fully saturated rings. The summed E-state index contributed by atoms with van der Waals surface area (Å²) in [4.78, 5) is 4.90. The highest BCUT2D eigenvalue weighted by molar-refractivity contribution is 5.78. The molecule has 26 heavy (non-hydrogen) atoms. The number of nitrogens with one attached hydrogen (secondary N) is 1. The van der Waals surface area contributed by atoms with Crippen molar-refractivity contribution in [2.45, 2.75) is 12.6 Å². The summed E-state index contributed by atoms with van der Waals surface area (Å²) < 4.78 is 2.01. The third-order valence-electron chi connectivity index (χ3n) is 4.94. The maximum atomic E-state index is 4.90. The van der Waals surface area contributed by atoms with Gasteiger partial charge >= 0.3 is 0 Å². The third kappa shape index (κ3) is 2.15. The number of hydrogen-bond donors (Lipinski definition) is 1. The van der Waals surface area contributed by atoms with Gasteiger partial charge in [-0.25, -0.2) is 9.67 Å². The molecule has 0 amide bonds. The van der Waals surface area contributed by atoms with E-state index in [9.17, 15) is 0 Å². The Balaban J connectivity index is 1.77. The van der Waals surface area contributed by atoms with Gasteiger partial charge in [-0.3, -0.25) is 0 Å². The molecule has 0 radical (unpaired) electrons. The van der Waals surface area contributed by atoms with Gasteiger partial charge in [-0.2, -0.15) is 0 Å². The number of rotatable bonds is 2. The van der Waals surface area contributed by atoms with Crippen molar-refractivity contribution in [2.24, 2.45) is 0 Å². The fourth-order valence-electron chi connectivity index (χ4n) is 3.57. The summed E-state index contributed by atoms with van der Waals surface area (Å²) in [6.07, 6.45) is 0. The van der Waals surface area contributed by atoms with Crippen LogP contribution >= 0.6 is 0 Å². The lowest BCUT2D eigenvalue weighted by atomic mass is 9.97. The largest absolute Gasteiger partial charge is 0.357 e. The van der Waals surface area contributed by atoms with Crippen molar-refractivity contribution in [2.75, 3.05) is 5.32 Å². The first-order valence-corrected chi connectivity index (χ1v) is 8.72. The first-order chi connectivity index (χ1) is 12.8. The van der Waals surface area contributed by atoms with Crippen LogP contribution in [0.2, 0.25) is 0 Å². The molecule has 0 bridgehead atoms. The van der Waals surface area contributed by atoms with E-state index in [1.807, 2.05) is 53.2 Å². The van der Waals surface area contributed by atoms with E-state index in [4.69, 9.17) is 10.1 Å². The zero-order valence-electron chi connectivity index (χ0n) is 14.4. The van der Waals surface area contributed by atoms with E-state index in [1.165, 1.54) is 0 Å². The SMILES string of the molecule is CC1(c2ccccc2)Nc2ccccc2-c2nc(-c3ccccc3)nn21. The van der Waals surface area contributed by atoms with Gasteiger partial charge in [0.1, 0.15) is 0 Å². The minimum atomic E-state index is -0.509. The van der Waals surface area contributed by atoms with Crippen LogP contribution in [-0.2, 0) is 5.66 Å². The summed E-state index contributed by atoms with van der Waals surface area (Å²) in [7, 11) is 0. The van der Waals surface area contributed by atoms with E-state index in [2.05, 4.69) is 48.6 Å². The first kappa shape index (κ1) is 14.9. The summed E-state index contributed by atoms with van der Waals surface area (Å²) in [6, 6.07) is 28.7. The van der Waals surface area contributed by atoms with Gasteiger partial charge in [0.25, 0.3) is 0 Å². The Kier molecular flexibility index (Phi) is 3.19. The van der Waals surface area contributed by atoms with E-state index >= 15 is 0 Å². The number of aromatic nitrogens is 3.